The normalized spacial score (nSPS) is 11.3. The molecule has 0 N–H and O–H groups in total. The average molecular weight is 399 g/mol. The Morgan fingerprint density at radius 1 is 0.692 bits per heavy atom. The van der Waals surface area contributed by atoms with Crippen LogP contribution >= 0.6 is 15.9 Å². The van der Waals surface area contributed by atoms with Gasteiger partial charge in [-0.05, 0) is 57.9 Å². The molecule has 0 unspecified atom stereocenters. The molecule has 1 heterocycles. The van der Waals surface area contributed by atoms with Gasteiger partial charge in [-0.1, -0.05) is 64.5 Å². The van der Waals surface area contributed by atoms with E-state index in [2.05, 4.69) is 88.7 Å². The van der Waals surface area contributed by atoms with E-state index in [0.717, 1.165) is 15.9 Å². The van der Waals surface area contributed by atoms with Gasteiger partial charge in [0.1, 0.15) is 0 Å². The number of nitrogens with zero attached hydrogens (tertiary/aromatic N) is 2. The molecular weight excluding hydrogens is 384 g/mol. The lowest BCUT2D eigenvalue weighted by atomic mass is 9.95. The van der Waals surface area contributed by atoms with Crippen LogP contribution < -0.4 is 0 Å². The van der Waals surface area contributed by atoms with Crippen molar-refractivity contribution in [3.05, 3.63) is 95.6 Å². The van der Waals surface area contributed by atoms with Gasteiger partial charge in [-0.25, -0.2) is 4.68 Å². The summed E-state index contributed by atoms with van der Waals surface area (Å²) in [5.74, 6) is 0. The van der Waals surface area contributed by atoms with Crippen molar-refractivity contribution in [3.63, 3.8) is 0 Å². The molecule has 0 aliphatic rings. The van der Waals surface area contributed by atoms with Crippen LogP contribution in [0.4, 0.5) is 0 Å². The molecule has 3 heteroatoms. The standard InChI is InChI=1S/C23H15BrN2/c24-18-9-11-19(12-10-18)26-14-13-22(25-26)23-20-7-3-1-5-16(20)15-17-6-2-4-8-21(17)23/h1-15H. The minimum absolute atomic E-state index is 0.987. The van der Waals surface area contributed by atoms with Crippen molar-refractivity contribution in [3.8, 4) is 16.9 Å². The summed E-state index contributed by atoms with van der Waals surface area (Å²) in [5, 5.41) is 9.81. The second-order valence-electron chi connectivity index (χ2n) is 6.32. The molecule has 4 aromatic carbocycles. The van der Waals surface area contributed by atoms with Crippen LogP contribution in [0.15, 0.2) is 95.6 Å². The fraction of sp³-hybridized carbons (Fsp3) is 0. The maximum absolute atomic E-state index is 4.88. The first-order valence-corrected chi connectivity index (χ1v) is 9.31. The quantitative estimate of drug-likeness (QED) is 0.306. The lowest BCUT2D eigenvalue weighted by Gasteiger charge is -2.10. The Hall–Kier alpha value is -2.91. The summed E-state index contributed by atoms with van der Waals surface area (Å²) in [7, 11) is 0. The van der Waals surface area contributed by atoms with Gasteiger partial charge in [-0.3, -0.25) is 0 Å². The summed E-state index contributed by atoms with van der Waals surface area (Å²) >= 11 is 3.48. The summed E-state index contributed by atoms with van der Waals surface area (Å²) in [6.07, 6.45) is 2.02. The van der Waals surface area contributed by atoms with Gasteiger partial charge in [0.05, 0.1) is 11.4 Å². The van der Waals surface area contributed by atoms with E-state index in [9.17, 15) is 0 Å². The first-order chi connectivity index (χ1) is 12.8. The number of fused-ring (bicyclic) bond motifs is 2. The minimum Gasteiger partial charge on any atom is -0.240 e. The zero-order chi connectivity index (χ0) is 17.5. The average Bonchev–Trinajstić information content (AvgIpc) is 3.16. The second-order valence-corrected chi connectivity index (χ2v) is 7.23. The van der Waals surface area contributed by atoms with E-state index in [4.69, 9.17) is 5.10 Å². The molecule has 0 spiro atoms. The molecule has 124 valence electrons. The molecule has 0 saturated carbocycles. The third-order valence-corrected chi connectivity index (χ3v) is 5.24. The topological polar surface area (TPSA) is 17.8 Å². The van der Waals surface area contributed by atoms with Gasteiger partial charge in [-0.15, -0.1) is 0 Å². The molecule has 5 aromatic rings. The molecule has 0 saturated heterocycles. The number of hydrogen-bond acceptors (Lipinski definition) is 1. The lowest BCUT2D eigenvalue weighted by molar-refractivity contribution is 0.885. The number of benzene rings is 4. The number of aromatic nitrogens is 2. The Kier molecular flexibility index (Phi) is 3.61. The van der Waals surface area contributed by atoms with E-state index in [1.54, 1.807) is 0 Å². The third kappa shape index (κ3) is 2.52. The van der Waals surface area contributed by atoms with Gasteiger partial charge in [0.15, 0.2) is 0 Å². The molecule has 0 fully saturated rings. The highest BCUT2D eigenvalue weighted by atomic mass is 79.9. The van der Waals surface area contributed by atoms with E-state index in [-0.39, 0.29) is 0 Å². The number of rotatable bonds is 2. The van der Waals surface area contributed by atoms with Crippen molar-refractivity contribution in [2.75, 3.05) is 0 Å². The molecule has 0 bridgehead atoms. The van der Waals surface area contributed by atoms with Crippen LogP contribution in [-0.4, -0.2) is 9.78 Å². The van der Waals surface area contributed by atoms with Crippen molar-refractivity contribution in [2.24, 2.45) is 0 Å². The molecule has 2 nitrogen and oxygen atoms in total. The summed E-state index contributed by atoms with van der Waals surface area (Å²) in [5.41, 5.74) is 3.22. The van der Waals surface area contributed by atoms with Crippen molar-refractivity contribution in [1.82, 2.24) is 9.78 Å². The molecule has 0 radical (unpaired) electrons. The van der Waals surface area contributed by atoms with Gasteiger partial charge in [0.2, 0.25) is 0 Å². The molecular formula is C23H15BrN2. The fourth-order valence-corrected chi connectivity index (χ4v) is 3.75. The van der Waals surface area contributed by atoms with Crippen LogP contribution in [0.1, 0.15) is 0 Å². The zero-order valence-corrected chi connectivity index (χ0v) is 15.5. The SMILES string of the molecule is Brc1ccc(-n2ccc(-c3c4ccccc4cc4ccccc34)n2)cc1. The predicted octanol–water partition coefficient (Wildman–Crippen LogP) is 6.61. The Morgan fingerprint density at radius 2 is 1.31 bits per heavy atom. The Morgan fingerprint density at radius 3 is 1.96 bits per heavy atom. The lowest BCUT2D eigenvalue weighted by Crippen LogP contribution is -1.95. The van der Waals surface area contributed by atoms with Crippen molar-refractivity contribution in [2.45, 2.75) is 0 Å². The van der Waals surface area contributed by atoms with Crippen LogP contribution in [0.2, 0.25) is 0 Å². The van der Waals surface area contributed by atoms with E-state index in [1.807, 2.05) is 23.0 Å². The van der Waals surface area contributed by atoms with Gasteiger partial charge in [-0.2, -0.15) is 5.10 Å². The fourth-order valence-electron chi connectivity index (χ4n) is 3.48. The van der Waals surface area contributed by atoms with E-state index in [0.29, 0.717) is 0 Å². The first kappa shape index (κ1) is 15.4. The first-order valence-electron chi connectivity index (χ1n) is 8.52. The molecule has 1 aromatic heterocycles. The Labute approximate surface area is 159 Å². The maximum Gasteiger partial charge on any atom is 0.0940 e. The Bertz CT molecular complexity index is 1180. The zero-order valence-electron chi connectivity index (χ0n) is 13.9. The number of halogens is 1. The second kappa shape index (κ2) is 6.11. The van der Waals surface area contributed by atoms with E-state index in [1.165, 1.54) is 27.1 Å². The van der Waals surface area contributed by atoms with Crippen LogP contribution in [0.3, 0.4) is 0 Å². The van der Waals surface area contributed by atoms with E-state index >= 15 is 0 Å². The highest BCUT2D eigenvalue weighted by molar-refractivity contribution is 9.10. The van der Waals surface area contributed by atoms with E-state index < -0.39 is 0 Å². The van der Waals surface area contributed by atoms with Crippen molar-refractivity contribution in [1.29, 1.82) is 0 Å². The van der Waals surface area contributed by atoms with Crippen LogP contribution in [-0.2, 0) is 0 Å². The van der Waals surface area contributed by atoms with Crippen LogP contribution in [0.25, 0.3) is 38.5 Å². The molecule has 0 aliphatic carbocycles. The number of hydrogen-bond donors (Lipinski definition) is 0. The van der Waals surface area contributed by atoms with Gasteiger partial charge >= 0.3 is 0 Å². The summed E-state index contributed by atoms with van der Waals surface area (Å²) in [4.78, 5) is 0. The van der Waals surface area contributed by atoms with Gasteiger partial charge in [0, 0.05) is 16.2 Å². The van der Waals surface area contributed by atoms with Crippen LogP contribution in [0.5, 0.6) is 0 Å². The highest BCUT2D eigenvalue weighted by Crippen LogP contribution is 2.35. The molecule has 0 aliphatic heterocycles. The van der Waals surface area contributed by atoms with Crippen molar-refractivity contribution >= 4 is 37.5 Å². The molecule has 0 atom stereocenters. The smallest absolute Gasteiger partial charge is 0.0940 e. The van der Waals surface area contributed by atoms with Gasteiger partial charge in [0.25, 0.3) is 0 Å². The van der Waals surface area contributed by atoms with Crippen molar-refractivity contribution < 1.29 is 0 Å². The Balaban J connectivity index is 1.77. The molecule has 26 heavy (non-hydrogen) atoms. The minimum atomic E-state index is 0.987. The predicted molar refractivity (Wildman–Crippen MR) is 112 cm³/mol. The summed E-state index contributed by atoms with van der Waals surface area (Å²) < 4.78 is 2.99. The van der Waals surface area contributed by atoms with Crippen LogP contribution in [0, 0.1) is 0 Å². The van der Waals surface area contributed by atoms with Gasteiger partial charge < -0.3 is 0 Å². The highest BCUT2D eigenvalue weighted by Gasteiger charge is 2.12. The molecule has 5 rings (SSSR count). The summed E-state index contributed by atoms with van der Waals surface area (Å²) in [6.45, 7) is 0. The molecule has 0 amide bonds. The largest absolute Gasteiger partial charge is 0.240 e. The monoisotopic (exact) mass is 398 g/mol. The summed E-state index contributed by atoms with van der Waals surface area (Å²) in [6, 6.07) is 29.6. The maximum atomic E-state index is 4.88. The third-order valence-electron chi connectivity index (χ3n) is 4.71.